The Hall–Kier alpha value is -2.40. The Morgan fingerprint density at radius 1 is 1.09 bits per heavy atom. The van der Waals surface area contributed by atoms with Crippen LogP contribution < -0.4 is 20.1 Å². The number of hydrogen-bond donors (Lipinski definition) is 2. The zero-order valence-electron chi connectivity index (χ0n) is 13.3. The molecule has 0 aliphatic heterocycles. The van der Waals surface area contributed by atoms with Crippen molar-refractivity contribution >= 4 is 28.9 Å². The van der Waals surface area contributed by atoms with Gasteiger partial charge in [-0.25, -0.2) is 0 Å². The molecule has 0 radical (unpaired) electrons. The van der Waals surface area contributed by atoms with E-state index < -0.39 is 0 Å². The molecule has 122 valence electrons. The van der Waals surface area contributed by atoms with Crippen LogP contribution in [0.15, 0.2) is 36.4 Å². The van der Waals surface area contributed by atoms with Gasteiger partial charge in [-0.1, -0.05) is 17.7 Å². The first-order valence-electron chi connectivity index (χ1n) is 7.05. The number of benzene rings is 2. The summed E-state index contributed by atoms with van der Waals surface area (Å²) >= 11 is 6.05. The number of hydrogen-bond acceptors (Lipinski definition) is 4. The van der Waals surface area contributed by atoms with Gasteiger partial charge in [-0.15, -0.1) is 0 Å². The number of methoxy groups -OCH3 is 2. The van der Waals surface area contributed by atoms with Crippen molar-refractivity contribution in [1.29, 1.82) is 0 Å². The van der Waals surface area contributed by atoms with Gasteiger partial charge < -0.3 is 20.1 Å². The minimum Gasteiger partial charge on any atom is -0.495 e. The number of rotatable bonds is 6. The number of ether oxygens (including phenoxy) is 2. The summed E-state index contributed by atoms with van der Waals surface area (Å²) in [6.07, 6.45) is 0. The first kappa shape index (κ1) is 17.0. The highest BCUT2D eigenvalue weighted by Gasteiger charge is 2.08. The number of anilines is 2. The molecule has 0 saturated carbocycles. The molecule has 0 aliphatic rings. The van der Waals surface area contributed by atoms with Crippen LogP contribution in [-0.4, -0.2) is 26.7 Å². The van der Waals surface area contributed by atoms with Crippen molar-refractivity contribution in [3.05, 3.63) is 47.0 Å². The molecule has 0 aromatic heterocycles. The summed E-state index contributed by atoms with van der Waals surface area (Å²) in [7, 11) is 3.12. The Bertz CT molecular complexity index is 704. The van der Waals surface area contributed by atoms with E-state index in [-0.39, 0.29) is 12.5 Å². The average molecular weight is 335 g/mol. The topological polar surface area (TPSA) is 59.6 Å². The molecular formula is C17H19ClN2O3. The predicted octanol–water partition coefficient (Wildman–Crippen LogP) is 3.72. The van der Waals surface area contributed by atoms with Crippen LogP contribution in [0.2, 0.25) is 5.02 Å². The quantitative estimate of drug-likeness (QED) is 0.845. The number of carbonyl (C=O) groups excluding carboxylic acids is 1. The minimum absolute atomic E-state index is 0.111. The van der Waals surface area contributed by atoms with Crippen LogP contribution in [0.5, 0.6) is 11.5 Å². The van der Waals surface area contributed by atoms with E-state index in [0.29, 0.717) is 22.2 Å². The lowest BCUT2D eigenvalue weighted by molar-refractivity contribution is -0.114. The van der Waals surface area contributed by atoms with Gasteiger partial charge in [-0.2, -0.15) is 0 Å². The molecule has 0 spiro atoms. The number of amides is 1. The van der Waals surface area contributed by atoms with Gasteiger partial charge in [0.2, 0.25) is 5.91 Å². The predicted molar refractivity (Wildman–Crippen MR) is 92.9 cm³/mol. The number of carbonyl (C=O) groups is 1. The summed E-state index contributed by atoms with van der Waals surface area (Å²) in [5, 5.41) is 6.33. The second-order valence-electron chi connectivity index (χ2n) is 4.95. The second-order valence-corrected chi connectivity index (χ2v) is 5.36. The molecule has 5 nitrogen and oxygen atoms in total. The summed E-state index contributed by atoms with van der Waals surface area (Å²) in [4.78, 5) is 12.1. The first-order valence-corrected chi connectivity index (χ1v) is 7.43. The number of aryl methyl sites for hydroxylation is 1. The summed E-state index contributed by atoms with van der Waals surface area (Å²) in [6, 6.07) is 10.9. The third-order valence-electron chi connectivity index (χ3n) is 3.23. The fourth-order valence-corrected chi connectivity index (χ4v) is 2.33. The molecule has 23 heavy (non-hydrogen) atoms. The lowest BCUT2D eigenvalue weighted by atomic mass is 10.2. The fourth-order valence-electron chi connectivity index (χ4n) is 2.07. The summed E-state index contributed by atoms with van der Waals surface area (Å²) in [5.74, 6) is 1.03. The molecule has 2 N–H and O–H groups in total. The van der Waals surface area contributed by atoms with Gasteiger partial charge in [0.05, 0.1) is 31.5 Å². The molecule has 2 aromatic rings. The summed E-state index contributed by atoms with van der Waals surface area (Å²) < 4.78 is 10.3. The molecule has 0 aliphatic carbocycles. The van der Waals surface area contributed by atoms with Crippen LogP contribution in [0, 0.1) is 6.92 Å². The van der Waals surface area contributed by atoms with Crippen LogP contribution in [0.3, 0.4) is 0 Å². The molecule has 0 saturated heterocycles. The van der Waals surface area contributed by atoms with Crippen LogP contribution in [-0.2, 0) is 4.79 Å². The first-order chi connectivity index (χ1) is 11.0. The fraction of sp³-hybridized carbons (Fsp3) is 0.235. The van der Waals surface area contributed by atoms with E-state index in [9.17, 15) is 4.79 Å². The van der Waals surface area contributed by atoms with E-state index in [2.05, 4.69) is 10.6 Å². The largest absolute Gasteiger partial charge is 0.495 e. The smallest absolute Gasteiger partial charge is 0.243 e. The van der Waals surface area contributed by atoms with Crippen LogP contribution in [0.25, 0.3) is 0 Å². The highest BCUT2D eigenvalue weighted by Crippen LogP contribution is 2.27. The van der Waals surface area contributed by atoms with E-state index in [4.69, 9.17) is 21.1 Å². The normalized spacial score (nSPS) is 10.1. The minimum atomic E-state index is -0.180. The standard InChI is InChI=1S/C17H19ClN2O3/c1-11-4-6-16(23-3)14(8-11)20-17(21)10-19-12-5-7-15(22-2)13(18)9-12/h4-9,19H,10H2,1-3H3,(H,20,21). The Balaban J connectivity index is 1.98. The van der Waals surface area contributed by atoms with E-state index in [0.717, 1.165) is 11.3 Å². The molecule has 0 atom stereocenters. The molecule has 0 heterocycles. The monoisotopic (exact) mass is 334 g/mol. The van der Waals surface area contributed by atoms with Gasteiger partial charge in [0.25, 0.3) is 0 Å². The van der Waals surface area contributed by atoms with Gasteiger partial charge in [-0.3, -0.25) is 4.79 Å². The Labute approximate surface area is 140 Å². The molecule has 2 rings (SSSR count). The Morgan fingerprint density at radius 2 is 1.78 bits per heavy atom. The van der Waals surface area contributed by atoms with E-state index in [1.807, 2.05) is 25.1 Å². The SMILES string of the molecule is COc1ccc(NCC(=O)Nc2cc(C)ccc2OC)cc1Cl. The van der Waals surface area contributed by atoms with E-state index in [1.165, 1.54) is 0 Å². The molecule has 1 amide bonds. The number of nitrogens with one attached hydrogen (secondary N) is 2. The van der Waals surface area contributed by atoms with E-state index in [1.54, 1.807) is 32.4 Å². The third kappa shape index (κ3) is 4.53. The van der Waals surface area contributed by atoms with E-state index >= 15 is 0 Å². The summed E-state index contributed by atoms with van der Waals surface area (Å²) in [6.45, 7) is 2.06. The zero-order valence-corrected chi connectivity index (χ0v) is 14.0. The summed E-state index contributed by atoms with van der Waals surface area (Å²) in [5.41, 5.74) is 2.42. The lowest BCUT2D eigenvalue weighted by Crippen LogP contribution is -2.22. The Kier molecular flexibility index (Phi) is 5.71. The van der Waals surface area contributed by atoms with Gasteiger partial charge in [-0.05, 0) is 42.8 Å². The van der Waals surface area contributed by atoms with Gasteiger partial charge in [0.1, 0.15) is 11.5 Å². The van der Waals surface area contributed by atoms with Crippen LogP contribution >= 0.6 is 11.6 Å². The maximum absolute atomic E-state index is 12.1. The van der Waals surface area contributed by atoms with Gasteiger partial charge in [0, 0.05) is 5.69 Å². The maximum atomic E-state index is 12.1. The lowest BCUT2D eigenvalue weighted by Gasteiger charge is -2.12. The molecule has 2 aromatic carbocycles. The van der Waals surface area contributed by atoms with Crippen molar-refractivity contribution in [3.63, 3.8) is 0 Å². The van der Waals surface area contributed by atoms with Crippen molar-refractivity contribution in [3.8, 4) is 11.5 Å². The van der Waals surface area contributed by atoms with Gasteiger partial charge >= 0.3 is 0 Å². The van der Waals surface area contributed by atoms with Crippen molar-refractivity contribution < 1.29 is 14.3 Å². The highest BCUT2D eigenvalue weighted by atomic mass is 35.5. The van der Waals surface area contributed by atoms with Crippen molar-refractivity contribution in [2.24, 2.45) is 0 Å². The zero-order chi connectivity index (χ0) is 16.8. The van der Waals surface area contributed by atoms with Crippen molar-refractivity contribution in [2.45, 2.75) is 6.92 Å². The van der Waals surface area contributed by atoms with Gasteiger partial charge in [0.15, 0.2) is 0 Å². The Morgan fingerprint density at radius 3 is 2.43 bits per heavy atom. The van der Waals surface area contributed by atoms with Crippen molar-refractivity contribution in [2.75, 3.05) is 31.4 Å². The third-order valence-corrected chi connectivity index (χ3v) is 3.53. The maximum Gasteiger partial charge on any atom is 0.243 e. The molecular weight excluding hydrogens is 316 g/mol. The van der Waals surface area contributed by atoms with Crippen molar-refractivity contribution in [1.82, 2.24) is 0 Å². The molecule has 0 bridgehead atoms. The molecule has 6 heteroatoms. The average Bonchev–Trinajstić information content (AvgIpc) is 2.53. The second kappa shape index (κ2) is 7.74. The number of halogens is 1. The molecule has 0 fully saturated rings. The highest BCUT2D eigenvalue weighted by molar-refractivity contribution is 6.32. The molecule has 0 unspecified atom stereocenters. The van der Waals surface area contributed by atoms with Crippen LogP contribution in [0.4, 0.5) is 11.4 Å². The van der Waals surface area contributed by atoms with Crippen LogP contribution in [0.1, 0.15) is 5.56 Å².